The summed E-state index contributed by atoms with van der Waals surface area (Å²) < 4.78 is 26.6. The first-order valence-electron chi connectivity index (χ1n) is 7.33. The van der Waals surface area contributed by atoms with Gasteiger partial charge in [0.2, 0.25) is 0 Å². The first-order chi connectivity index (χ1) is 11.8. The van der Waals surface area contributed by atoms with Crippen LogP contribution in [0.5, 0.6) is 11.5 Å². The maximum absolute atomic E-state index is 12.6. The van der Waals surface area contributed by atoms with E-state index in [-0.39, 0.29) is 17.2 Å². The highest BCUT2D eigenvalue weighted by Gasteiger charge is 2.15. The van der Waals surface area contributed by atoms with Crippen LogP contribution in [0.1, 0.15) is 12.5 Å². The Balaban J connectivity index is 2.32. The van der Waals surface area contributed by atoms with Crippen LogP contribution in [0.4, 0.5) is 0 Å². The van der Waals surface area contributed by atoms with Crippen molar-refractivity contribution >= 4 is 21.6 Å². The topological polar surface area (TPSA) is 94.9 Å². The van der Waals surface area contributed by atoms with Gasteiger partial charge >= 0.3 is 5.97 Å². The molecule has 1 aromatic carbocycles. The minimum Gasteiger partial charge on any atom is -0.497 e. The van der Waals surface area contributed by atoms with Gasteiger partial charge in [0.1, 0.15) is 16.5 Å². The predicted octanol–water partition coefficient (Wildman–Crippen LogP) is 2.24. The summed E-state index contributed by atoms with van der Waals surface area (Å²) in [6, 6.07) is 9.62. The van der Waals surface area contributed by atoms with Gasteiger partial charge in [0.25, 0.3) is 5.91 Å². The van der Waals surface area contributed by atoms with Crippen LogP contribution in [0.2, 0.25) is 0 Å². The van der Waals surface area contributed by atoms with E-state index in [2.05, 4.69) is 9.35 Å². The summed E-state index contributed by atoms with van der Waals surface area (Å²) in [6.07, 6.45) is 2.66. The van der Waals surface area contributed by atoms with E-state index < -0.39 is 21.6 Å². The highest BCUT2D eigenvalue weighted by Crippen LogP contribution is 2.25. The van der Waals surface area contributed by atoms with Crippen molar-refractivity contribution < 1.29 is 23.3 Å². The number of hydrogen-bond donors (Lipinski definition) is 0. The molecule has 1 atom stereocenters. The predicted molar refractivity (Wildman–Crippen MR) is 92.0 cm³/mol. The summed E-state index contributed by atoms with van der Waals surface area (Å²) in [5, 5.41) is 0.231. The highest BCUT2D eigenvalue weighted by molar-refractivity contribution is 7.93. The summed E-state index contributed by atoms with van der Waals surface area (Å²) in [5.74, 6) is -0.388. The first kappa shape index (κ1) is 18.6. The number of carbonyl (C=O) groups excluding carboxylic acids is 2. The number of nitrogens with zero attached hydrogens (tertiary/aromatic N) is 2. The van der Waals surface area contributed by atoms with E-state index in [1.165, 1.54) is 32.6 Å². The van der Waals surface area contributed by atoms with Gasteiger partial charge in [0.15, 0.2) is 0 Å². The molecule has 0 aliphatic carbocycles. The van der Waals surface area contributed by atoms with Gasteiger partial charge in [-0.15, -0.1) is 0 Å². The molecule has 25 heavy (non-hydrogen) atoms. The maximum atomic E-state index is 12.6. The van der Waals surface area contributed by atoms with Crippen LogP contribution in [-0.4, -0.2) is 34.4 Å². The average molecular weight is 362 g/mol. The second-order valence-electron chi connectivity index (χ2n) is 5.20. The second kappa shape index (κ2) is 7.89. The lowest BCUT2D eigenvalue weighted by molar-refractivity contribution is -0.132. The Kier molecular flexibility index (Phi) is 5.87. The van der Waals surface area contributed by atoms with Gasteiger partial charge in [-0.1, -0.05) is 6.07 Å². The number of pyridine rings is 1. The fourth-order valence-corrected chi connectivity index (χ4v) is 3.22. The van der Waals surface area contributed by atoms with Crippen molar-refractivity contribution in [3.8, 4) is 11.5 Å². The molecular weight excluding hydrogens is 344 g/mol. The number of aromatic nitrogens is 1. The van der Waals surface area contributed by atoms with Crippen molar-refractivity contribution in [1.29, 1.82) is 0 Å². The molecule has 0 saturated heterocycles. The SMILES string of the molecule is COc1ccc(OC(C)=O)c(CC(=O)N=S(C)(=O)c2ccccn2)c1. The Morgan fingerprint density at radius 3 is 2.60 bits per heavy atom. The summed E-state index contributed by atoms with van der Waals surface area (Å²) in [5.41, 5.74) is 0.416. The minimum absolute atomic E-state index is 0.183. The Bertz CT molecular complexity index is 903. The molecule has 2 aromatic rings. The highest BCUT2D eigenvalue weighted by atomic mass is 32.2. The summed E-state index contributed by atoms with van der Waals surface area (Å²) >= 11 is 0. The lowest BCUT2D eigenvalue weighted by Gasteiger charge is -2.10. The molecule has 1 amide bonds. The van der Waals surface area contributed by atoms with E-state index in [1.54, 1.807) is 30.3 Å². The zero-order chi connectivity index (χ0) is 18.4. The van der Waals surface area contributed by atoms with Crippen molar-refractivity contribution in [2.24, 2.45) is 4.36 Å². The van der Waals surface area contributed by atoms with Gasteiger partial charge < -0.3 is 9.47 Å². The zero-order valence-corrected chi connectivity index (χ0v) is 14.9. The first-order valence-corrected chi connectivity index (χ1v) is 9.25. The second-order valence-corrected chi connectivity index (χ2v) is 7.41. The normalized spacial score (nSPS) is 12.8. The lowest BCUT2D eigenvalue weighted by Crippen LogP contribution is -2.09. The zero-order valence-electron chi connectivity index (χ0n) is 14.1. The van der Waals surface area contributed by atoms with Gasteiger partial charge in [-0.3, -0.25) is 9.59 Å². The van der Waals surface area contributed by atoms with Crippen molar-refractivity contribution in [2.75, 3.05) is 13.4 Å². The molecule has 0 radical (unpaired) electrons. The van der Waals surface area contributed by atoms with Crippen LogP contribution in [0.3, 0.4) is 0 Å². The molecule has 0 bridgehead atoms. The Morgan fingerprint density at radius 1 is 1.24 bits per heavy atom. The quantitative estimate of drug-likeness (QED) is 0.598. The molecule has 0 spiro atoms. The van der Waals surface area contributed by atoms with Crippen LogP contribution < -0.4 is 9.47 Å². The third-order valence-corrected chi connectivity index (χ3v) is 4.73. The number of ether oxygens (including phenoxy) is 2. The van der Waals surface area contributed by atoms with E-state index in [1.807, 2.05) is 0 Å². The monoisotopic (exact) mass is 362 g/mol. The van der Waals surface area contributed by atoms with Gasteiger partial charge in [-0.2, -0.15) is 4.36 Å². The molecular formula is C17H18N2O5S. The fourth-order valence-electron chi connectivity index (χ4n) is 2.08. The molecule has 132 valence electrons. The van der Waals surface area contributed by atoms with Crippen molar-refractivity contribution in [3.05, 3.63) is 48.2 Å². The maximum Gasteiger partial charge on any atom is 0.308 e. The van der Waals surface area contributed by atoms with E-state index >= 15 is 0 Å². The molecule has 0 fully saturated rings. The summed E-state index contributed by atoms with van der Waals surface area (Å²) in [6.45, 7) is 1.26. The molecule has 7 nitrogen and oxygen atoms in total. The van der Waals surface area contributed by atoms with Crippen molar-refractivity contribution in [3.63, 3.8) is 0 Å². The number of benzene rings is 1. The van der Waals surface area contributed by atoms with Crippen LogP contribution >= 0.6 is 0 Å². The molecule has 1 unspecified atom stereocenters. The van der Waals surface area contributed by atoms with Crippen molar-refractivity contribution in [2.45, 2.75) is 18.4 Å². The Morgan fingerprint density at radius 2 is 2.00 bits per heavy atom. The van der Waals surface area contributed by atoms with Crippen LogP contribution in [0, 0.1) is 0 Å². The molecule has 2 rings (SSSR count). The molecule has 0 aliphatic rings. The Labute approximate surface area is 146 Å². The molecule has 1 heterocycles. The largest absolute Gasteiger partial charge is 0.497 e. The van der Waals surface area contributed by atoms with E-state index in [9.17, 15) is 13.8 Å². The standard InChI is InChI=1S/C17H18N2O5S/c1-12(20)24-15-8-7-14(23-2)10-13(15)11-16(21)19-25(3,22)17-6-4-5-9-18-17/h4-10H,11H2,1-3H3. The molecule has 8 heteroatoms. The summed E-state index contributed by atoms with van der Waals surface area (Å²) in [7, 11) is -1.47. The van der Waals surface area contributed by atoms with Crippen molar-refractivity contribution in [1.82, 2.24) is 4.98 Å². The fraction of sp³-hybridized carbons (Fsp3) is 0.235. The molecule has 0 saturated carbocycles. The number of hydrogen-bond acceptors (Lipinski definition) is 6. The van der Waals surface area contributed by atoms with Gasteiger partial charge in [-0.05, 0) is 30.3 Å². The van der Waals surface area contributed by atoms with Crippen LogP contribution in [-0.2, 0) is 25.7 Å². The van der Waals surface area contributed by atoms with Gasteiger partial charge in [0, 0.05) is 24.9 Å². The number of methoxy groups -OCH3 is 1. The number of carbonyl (C=O) groups is 2. The third kappa shape index (κ3) is 5.12. The third-order valence-electron chi connectivity index (χ3n) is 3.16. The number of amides is 1. The minimum atomic E-state index is -2.96. The van der Waals surface area contributed by atoms with E-state index in [4.69, 9.17) is 9.47 Å². The van der Waals surface area contributed by atoms with Crippen LogP contribution in [0.25, 0.3) is 0 Å². The average Bonchev–Trinajstić information content (AvgIpc) is 2.56. The lowest BCUT2D eigenvalue weighted by atomic mass is 10.1. The van der Waals surface area contributed by atoms with Gasteiger partial charge in [-0.25, -0.2) is 9.19 Å². The molecule has 0 aliphatic heterocycles. The van der Waals surface area contributed by atoms with E-state index in [0.29, 0.717) is 11.3 Å². The smallest absolute Gasteiger partial charge is 0.308 e. The van der Waals surface area contributed by atoms with Gasteiger partial charge in [0.05, 0.1) is 23.3 Å². The van der Waals surface area contributed by atoms with Crippen LogP contribution in [0.15, 0.2) is 52.0 Å². The van der Waals surface area contributed by atoms with E-state index in [0.717, 1.165) is 0 Å². The number of esters is 1. The summed E-state index contributed by atoms with van der Waals surface area (Å²) in [4.78, 5) is 27.5. The number of rotatable bonds is 5. The molecule has 1 aromatic heterocycles. The Hall–Kier alpha value is -2.74. The molecule has 0 N–H and O–H groups in total.